The molecule has 15 heteroatoms. The van der Waals surface area contributed by atoms with Crippen LogP contribution in [-0.4, -0.2) is 93.9 Å². The predicted octanol–water partition coefficient (Wildman–Crippen LogP) is 0.462. The molecule has 0 aliphatic carbocycles. The van der Waals surface area contributed by atoms with Crippen LogP contribution in [0, 0.1) is 0 Å². The normalized spacial score (nSPS) is 20.4. The van der Waals surface area contributed by atoms with Gasteiger partial charge in [0, 0.05) is 43.3 Å². The molecule has 1 aromatic carbocycles. The molecule has 1 spiro atoms. The number of sulfonamides is 2. The molecular weight excluding hydrogens is 572 g/mol. The lowest BCUT2D eigenvalue weighted by molar-refractivity contribution is -0.0312. The van der Waals surface area contributed by atoms with Crippen LogP contribution in [0.5, 0.6) is 5.75 Å². The first kappa shape index (κ1) is 29.6. The molecule has 5 rings (SSSR count). The van der Waals surface area contributed by atoms with E-state index in [9.17, 15) is 21.9 Å². The van der Waals surface area contributed by atoms with Crippen LogP contribution in [0.3, 0.4) is 0 Å². The Labute approximate surface area is 239 Å². The van der Waals surface area contributed by atoms with E-state index < -0.39 is 31.8 Å². The average molecular weight is 607 g/mol. The Morgan fingerprint density at radius 3 is 2.71 bits per heavy atom. The maximum absolute atomic E-state index is 13.3. The number of fused-ring (bicyclic) bond motifs is 1. The number of aromatic nitrogens is 2. The molecule has 2 aromatic heterocycles. The molecule has 41 heavy (non-hydrogen) atoms. The van der Waals surface area contributed by atoms with Gasteiger partial charge in [0.05, 0.1) is 17.1 Å². The number of anilines is 1. The highest BCUT2D eigenvalue weighted by atomic mass is 32.2. The Kier molecular flexibility index (Phi) is 8.48. The van der Waals surface area contributed by atoms with E-state index in [0.717, 1.165) is 0 Å². The summed E-state index contributed by atoms with van der Waals surface area (Å²) < 4.78 is 66.0. The SMILES string of the molecule is CNS(=O)(=O)c1cccc(OCC(O)CNC2COC3(CCN(S(=O)(=O)c4cnc5nc(N)ccc5c4)CC3)C2)c1. The highest BCUT2D eigenvalue weighted by molar-refractivity contribution is 7.89. The molecule has 2 saturated heterocycles. The maximum Gasteiger partial charge on any atom is 0.244 e. The first-order valence-corrected chi connectivity index (χ1v) is 16.2. The lowest BCUT2D eigenvalue weighted by atomic mass is 9.88. The third-order valence-electron chi connectivity index (χ3n) is 7.49. The highest BCUT2D eigenvalue weighted by Crippen LogP contribution is 2.37. The van der Waals surface area contributed by atoms with Gasteiger partial charge in [0.25, 0.3) is 0 Å². The number of aliphatic hydroxyl groups is 1. The molecule has 13 nitrogen and oxygen atoms in total. The summed E-state index contributed by atoms with van der Waals surface area (Å²) in [5, 5.41) is 14.3. The van der Waals surface area contributed by atoms with Crippen molar-refractivity contribution in [3.8, 4) is 5.75 Å². The molecule has 5 N–H and O–H groups in total. The van der Waals surface area contributed by atoms with Gasteiger partial charge in [-0.1, -0.05) is 6.07 Å². The van der Waals surface area contributed by atoms with Gasteiger partial charge in [-0.3, -0.25) is 0 Å². The van der Waals surface area contributed by atoms with Gasteiger partial charge in [0.2, 0.25) is 20.0 Å². The first-order valence-electron chi connectivity index (χ1n) is 13.2. The molecule has 2 aliphatic heterocycles. The van der Waals surface area contributed by atoms with Crippen LogP contribution in [0.1, 0.15) is 19.3 Å². The Balaban J connectivity index is 1.10. The standard InChI is InChI=1S/C26H34N6O7S2/c1-28-40(34,35)22-4-2-3-21(12-22)38-17-20(33)14-29-19-13-26(39-16-19)7-9-32(10-8-26)41(36,37)23-11-18-5-6-24(27)31-25(18)30-15-23/h2-6,11-12,15,19-20,28-29,33H,7-10,13-14,16-17H2,1H3,(H2,27,30,31). The number of aliphatic hydroxyl groups excluding tert-OH is 1. The fraction of sp³-hybridized carbons (Fsp3) is 0.462. The van der Waals surface area contributed by atoms with E-state index in [1.54, 1.807) is 30.3 Å². The van der Waals surface area contributed by atoms with Crippen LogP contribution < -0.4 is 20.5 Å². The fourth-order valence-corrected chi connectivity index (χ4v) is 7.34. The number of nitrogens with two attached hydrogens (primary N) is 1. The summed E-state index contributed by atoms with van der Waals surface area (Å²) in [4.78, 5) is 8.50. The summed E-state index contributed by atoms with van der Waals surface area (Å²) in [5.41, 5.74) is 5.66. The second kappa shape index (κ2) is 11.8. The number of nitrogen functional groups attached to an aromatic ring is 1. The van der Waals surface area contributed by atoms with E-state index in [4.69, 9.17) is 15.2 Å². The predicted molar refractivity (Wildman–Crippen MR) is 151 cm³/mol. The molecule has 0 bridgehead atoms. The second-order valence-corrected chi connectivity index (χ2v) is 14.1. The largest absolute Gasteiger partial charge is 0.491 e. The Hall–Kier alpha value is -2.92. The van der Waals surface area contributed by atoms with Crippen LogP contribution in [0.25, 0.3) is 11.0 Å². The van der Waals surface area contributed by atoms with Gasteiger partial charge < -0.3 is 25.6 Å². The molecule has 0 radical (unpaired) electrons. The molecule has 222 valence electrons. The van der Waals surface area contributed by atoms with E-state index in [-0.39, 0.29) is 29.0 Å². The smallest absolute Gasteiger partial charge is 0.244 e. The summed E-state index contributed by atoms with van der Waals surface area (Å²) in [6.45, 7) is 1.34. The number of rotatable bonds is 10. The molecule has 3 aromatic rings. The Bertz CT molecular complexity index is 1610. The van der Waals surface area contributed by atoms with E-state index in [1.165, 1.54) is 29.7 Å². The summed E-state index contributed by atoms with van der Waals surface area (Å²) in [6.07, 6.45) is 2.30. The number of nitrogens with one attached hydrogen (secondary N) is 2. The summed E-state index contributed by atoms with van der Waals surface area (Å²) in [5.74, 6) is 0.658. The van der Waals surface area contributed by atoms with E-state index in [0.29, 0.717) is 61.6 Å². The van der Waals surface area contributed by atoms with Crippen molar-refractivity contribution in [3.05, 3.63) is 48.7 Å². The van der Waals surface area contributed by atoms with Crippen molar-refractivity contribution in [3.63, 3.8) is 0 Å². The Morgan fingerprint density at radius 1 is 1.17 bits per heavy atom. The molecular formula is C26H34N6O7S2. The van der Waals surface area contributed by atoms with Crippen LogP contribution in [0.15, 0.2) is 58.5 Å². The minimum Gasteiger partial charge on any atom is -0.491 e. The summed E-state index contributed by atoms with van der Waals surface area (Å²) in [6, 6.07) is 10.9. The van der Waals surface area contributed by atoms with Gasteiger partial charge in [-0.25, -0.2) is 31.5 Å². The molecule has 4 heterocycles. The number of benzene rings is 1. The van der Waals surface area contributed by atoms with Crippen molar-refractivity contribution in [2.24, 2.45) is 0 Å². The number of hydrogen-bond acceptors (Lipinski definition) is 11. The topological polar surface area (TPSA) is 186 Å². The van der Waals surface area contributed by atoms with Gasteiger partial charge in [-0.2, -0.15) is 4.31 Å². The molecule has 2 atom stereocenters. The molecule has 2 unspecified atom stereocenters. The summed E-state index contributed by atoms with van der Waals surface area (Å²) in [7, 11) is -5.99. The Morgan fingerprint density at radius 2 is 1.95 bits per heavy atom. The third kappa shape index (κ3) is 6.61. The minimum atomic E-state index is -3.73. The zero-order chi connectivity index (χ0) is 29.3. The van der Waals surface area contributed by atoms with Crippen molar-refractivity contribution in [2.75, 3.05) is 45.6 Å². The molecule has 2 fully saturated rings. The van der Waals surface area contributed by atoms with Crippen LogP contribution >= 0.6 is 0 Å². The van der Waals surface area contributed by atoms with Gasteiger partial charge in [-0.15, -0.1) is 0 Å². The van der Waals surface area contributed by atoms with Gasteiger partial charge in [0.15, 0.2) is 5.65 Å². The fourth-order valence-electron chi connectivity index (χ4n) is 5.16. The number of nitrogens with zero attached hydrogens (tertiary/aromatic N) is 3. The van der Waals surface area contributed by atoms with Crippen LogP contribution in [0.2, 0.25) is 0 Å². The van der Waals surface area contributed by atoms with Gasteiger partial charge >= 0.3 is 0 Å². The molecule has 2 aliphatic rings. The zero-order valence-corrected chi connectivity index (χ0v) is 24.2. The number of hydrogen-bond donors (Lipinski definition) is 4. The lowest BCUT2D eigenvalue weighted by Crippen LogP contribution is -2.47. The number of ether oxygens (including phenoxy) is 2. The monoisotopic (exact) mass is 606 g/mol. The van der Waals surface area contributed by atoms with Crippen molar-refractivity contribution in [1.82, 2.24) is 24.3 Å². The average Bonchev–Trinajstić information content (AvgIpc) is 3.37. The highest BCUT2D eigenvalue weighted by Gasteiger charge is 2.44. The molecule has 0 saturated carbocycles. The maximum atomic E-state index is 13.3. The van der Waals surface area contributed by atoms with E-state index in [1.807, 2.05) is 0 Å². The summed E-state index contributed by atoms with van der Waals surface area (Å²) >= 11 is 0. The zero-order valence-electron chi connectivity index (χ0n) is 22.6. The number of pyridine rings is 2. The van der Waals surface area contributed by atoms with Crippen LogP contribution in [-0.2, 0) is 24.8 Å². The third-order valence-corrected chi connectivity index (χ3v) is 10.8. The van der Waals surface area contributed by atoms with E-state index >= 15 is 0 Å². The lowest BCUT2D eigenvalue weighted by Gasteiger charge is -2.38. The molecule has 0 amide bonds. The van der Waals surface area contributed by atoms with E-state index in [2.05, 4.69) is 20.0 Å². The van der Waals surface area contributed by atoms with Crippen molar-refractivity contribution in [2.45, 2.75) is 46.8 Å². The van der Waals surface area contributed by atoms with Crippen LogP contribution in [0.4, 0.5) is 5.82 Å². The number of piperidine rings is 1. The van der Waals surface area contributed by atoms with Crippen molar-refractivity contribution < 1.29 is 31.4 Å². The van der Waals surface area contributed by atoms with Crippen molar-refractivity contribution in [1.29, 1.82) is 0 Å². The second-order valence-electron chi connectivity index (χ2n) is 10.3. The quantitative estimate of drug-likeness (QED) is 0.251. The van der Waals surface area contributed by atoms with Crippen molar-refractivity contribution >= 4 is 36.9 Å². The van der Waals surface area contributed by atoms with Gasteiger partial charge in [0.1, 0.15) is 29.2 Å². The minimum absolute atomic E-state index is 0.00142. The van der Waals surface area contributed by atoms with Gasteiger partial charge in [-0.05, 0) is 56.6 Å². The first-order chi connectivity index (χ1) is 19.5.